The molecular weight excluding hydrogens is 260 g/mol. The summed E-state index contributed by atoms with van der Waals surface area (Å²) >= 11 is 0. The van der Waals surface area contributed by atoms with Gasteiger partial charge in [0.25, 0.3) is 0 Å². The molecule has 0 radical (unpaired) electrons. The Morgan fingerprint density at radius 2 is 1.85 bits per heavy atom. The smallest absolute Gasteiger partial charge is 0.309 e. The lowest BCUT2D eigenvalue weighted by atomic mass is 9.76. The second kappa shape index (κ2) is 5.11. The van der Waals surface area contributed by atoms with Crippen molar-refractivity contribution in [3.8, 4) is 0 Å². The van der Waals surface area contributed by atoms with Crippen LogP contribution in [0.3, 0.4) is 0 Å². The highest BCUT2D eigenvalue weighted by atomic mass is 16.6. The number of hydrogen-bond acceptors (Lipinski definition) is 4. The Hall–Kier alpha value is -0.940. The van der Waals surface area contributed by atoms with E-state index in [0.717, 1.165) is 38.4 Å². The molecule has 2 heterocycles. The summed E-state index contributed by atoms with van der Waals surface area (Å²) in [5, 5.41) is 8.88. The summed E-state index contributed by atoms with van der Waals surface area (Å²) < 4.78 is 10.5. The largest absolute Gasteiger partial charge is 0.481 e. The summed E-state index contributed by atoms with van der Waals surface area (Å²) in [5.41, 5.74) is -0.516. The number of aldehydes is 1. The number of ether oxygens (including phenoxy) is 2. The molecule has 20 heavy (non-hydrogen) atoms. The second-order valence-electron chi connectivity index (χ2n) is 6.74. The van der Waals surface area contributed by atoms with Crippen LogP contribution < -0.4 is 0 Å². The number of hydrogen-bond donors (Lipinski definition) is 1. The Labute approximate surface area is 118 Å². The molecule has 0 spiro atoms. The van der Waals surface area contributed by atoms with Crippen LogP contribution in [0, 0.1) is 11.3 Å². The highest BCUT2D eigenvalue weighted by Gasteiger charge is 2.51. The molecule has 0 aromatic rings. The number of carboxylic acids is 1. The number of epoxide rings is 2. The molecule has 4 rings (SSSR count). The van der Waals surface area contributed by atoms with Crippen molar-refractivity contribution in [1.82, 2.24) is 0 Å². The van der Waals surface area contributed by atoms with Gasteiger partial charge < -0.3 is 19.4 Å². The third-order valence-corrected chi connectivity index (χ3v) is 5.07. The van der Waals surface area contributed by atoms with Crippen molar-refractivity contribution in [2.45, 2.75) is 69.9 Å². The predicted octanol–water partition coefficient (Wildman–Crippen LogP) is 1.78. The average molecular weight is 282 g/mol. The second-order valence-corrected chi connectivity index (χ2v) is 6.74. The molecule has 6 atom stereocenters. The van der Waals surface area contributed by atoms with E-state index in [9.17, 15) is 9.59 Å². The molecule has 112 valence electrons. The van der Waals surface area contributed by atoms with E-state index >= 15 is 0 Å². The van der Waals surface area contributed by atoms with Crippen molar-refractivity contribution in [2.24, 2.45) is 11.3 Å². The molecule has 1 N–H and O–H groups in total. The summed E-state index contributed by atoms with van der Waals surface area (Å²) in [5.74, 6) is -0.375. The molecule has 5 heteroatoms. The molecule has 2 saturated heterocycles. The molecule has 4 fully saturated rings. The average Bonchev–Trinajstić information content (AvgIpc) is 3.32. The van der Waals surface area contributed by atoms with Crippen molar-refractivity contribution in [2.75, 3.05) is 0 Å². The summed E-state index contributed by atoms with van der Waals surface area (Å²) in [6, 6.07) is 0. The van der Waals surface area contributed by atoms with E-state index in [4.69, 9.17) is 14.6 Å². The first-order valence-corrected chi connectivity index (χ1v) is 7.51. The van der Waals surface area contributed by atoms with E-state index in [-0.39, 0.29) is 6.10 Å². The van der Waals surface area contributed by atoms with Crippen molar-refractivity contribution in [1.29, 1.82) is 0 Å². The van der Waals surface area contributed by atoms with Gasteiger partial charge in [-0.3, -0.25) is 4.79 Å². The van der Waals surface area contributed by atoms with E-state index in [1.54, 1.807) is 0 Å². The first kappa shape index (κ1) is 14.0. The van der Waals surface area contributed by atoms with Crippen molar-refractivity contribution >= 4 is 12.3 Å². The zero-order valence-electron chi connectivity index (χ0n) is 11.8. The van der Waals surface area contributed by atoms with E-state index in [0.29, 0.717) is 30.7 Å². The van der Waals surface area contributed by atoms with Crippen LogP contribution in [0.4, 0.5) is 0 Å². The van der Waals surface area contributed by atoms with Crippen LogP contribution in [0.15, 0.2) is 0 Å². The summed E-state index contributed by atoms with van der Waals surface area (Å²) in [4.78, 5) is 21.1. The van der Waals surface area contributed by atoms with Gasteiger partial charge >= 0.3 is 5.97 Å². The maximum Gasteiger partial charge on any atom is 0.309 e. The molecule has 2 aliphatic heterocycles. The summed E-state index contributed by atoms with van der Waals surface area (Å²) in [7, 11) is 0. The van der Waals surface area contributed by atoms with E-state index in [2.05, 4.69) is 0 Å². The van der Waals surface area contributed by atoms with Crippen LogP contribution in [0.2, 0.25) is 0 Å². The Morgan fingerprint density at radius 1 is 1.15 bits per heavy atom. The minimum Gasteiger partial charge on any atom is -0.481 e. The van der Waals surface area contributed by atoms with Crippen LogP contribution in [0.1, 0.15) is 45.4 Å². The lowest BCUT2D eigenvalue weighted by Gasteiger charge is -2.26. The Balaban J connectivity index is 0.000000123. The van der Waals surface area contributed by atoms with Gasteiger partial charge in [-0.2, -0.15) is 0 Å². The lowest BCUT2D eigenvalue weighted by molar-refractivity contribution is -0.149. The zero-order chi connectivity index (χ0) is 14.3. The molecule has 0 bridgehead atoms. The molecule has 0 aromatic carbocycles. The minimum atomic E-state index is -0.675. The molecule has 2 saturated carbocycles. The molecule has 6 unspecified atom stereocenters. The van der Waals surface area contributed by atoms with Crippen LogP contribution in [0.5, 0.6) is 0 Å². The summed E-state index contributed by atoms with van der Waals surface area (Å²) in [6.07, 6.45) is 8.22. The van der Waals surface area contributed by atoms with Crippen molar-refractivity contribution in [3.63, 3.8) is 0 Å². The monoisotopic (exact) mass is 282 g/mol. The van der Waals surface area contributed by atoms with E-state index in [1.165, 1.54) is 0 Å². The molecule has 5 nitrogen and oxygen atoms in total. The molecular formula is C15H22O5. The minimum absolute atomic E-state index is 0.254. The fourth-order valence-corrected chi connectivity index (χ4v) is 3.37. The number of carbonyl (C=O) groups excluding carboxylic acids is 1. The van der Waals surface area contributed by atoms with Crippen LogP contribution in [0.25, 0.3) is 0 Å². The highest BCUT2D eigenvalue weighted by molar-refractivity contribution is 5.74. The number of carboxylic acid groups (broad SMARTS) is 1. The maximum absolute atomic E-state index is 10.8. The standard InChI is InChI=1S/C8H12O3.C7H10O2/c1-8(7(9)10)3-2-5-6(4-8)11-5;8-4-5-1-2-6-7(3-5)9-6/h5-6H,2-4H2,1H3,(H,9,10);4-7H,1-3H2. The first-order valence-electron chi connectivity index (χ1n) is 7.51. The molecule has 4 aliphatic rings. The van der Waals surface area contributed by atoms with Gasteiger partial charge in [-0.05, 0) is 45.4 Å². The Morgan fingerprint density at radius 3 is 2.45 bits per heavy atom. The van der Waals surface area contributed by atoms with Crippen LogP contribution in [-0.4, -0.2) is 41.8 Å². The Bertz CT molecular complexity index is 409. The van der Waals surface area contributed by atoms with Gasteiger partial charge in [0.15, 0.2) is 0 Å². The predicted molar refractivity (Wildman–Crippen MR) is 70.3 cm³/mol. The van der Waals surface area contributed by atoms with Gasteiger partial charge in [0, 0.05) is 5.92 Å². The quantitative estimate of drug-likeness (QED) is 0.617. The third-order valence-electron chi connectivity index (χ3n) is 5.07. The first-order chi connectivity index (χ1) is 9.51. The van der Waals surface area contributed by atoms with Gasteiger partial charge in [0.05, 0.1) is 29.8 Å². The lowest BCUT2D eigenvalue weighted by Crippen LogP contribution is -2.32. The van der Waals surface area contributed by atoms with E-state index in [1.807, 2.05) is 6.92 Å². The van der Waals surface area contributed by atoms with Gasteiger partial charge in [-0.25, -0.2) is 0 Å². The van der Waals surface area contributed by atoms with E-state index < -0.39 is 11.4 Å². The van der Waals surface area contributed by atoms with Gasteiger partial charge in [0.1, 0.15) is 6.29 Å². The maximum atomic E-state index is 10.8. The number of fused-ring (bicyclic) bond motifs is 2. The number of aliphatic carboxylic acids is 1. The fourth-order valence-electron chi connectivity index (χ4n) is 3.37. The van der Waals surface area contributed by atoms with Gasteiger partial charge in [-0.15, -0.1) is 0 Å². The van der Waals surface area contributed by atoms with Gasteiger partial charge in [-0.1, -0.05) is 0 Å². The number of rotatable bonds is 2. The third kappa shape index (κ3) is 2.88. The highest BCUT2D eigenvalue weighted by Crippen LogP contribution is 2.46. The molecule has 0 amide bonds. The Kier molecular flexibility index (Phi) is 3.58. The normalized spacial score (nSPS) is 48.0. The zero-order valence-corrected chi connectivity index (χ0v) is 11.8. The SMILES string of the molecule is CC1(C(=O)O)CCC2OC2C1.O=CC1CCC2OC2C1. The molecule has 0 aromatic heterocycles. The van der Waals surface area contributed by atoms with Crippen LogP contribution >= 0.6 is 0 Å². The summed E-state index contributed by atoms with van der Waals surface area (Å²) in [6.45, 7) is 1.81. The van der Waals surface area contributed by atoms with Crippen LogP contribution in [-0.2, 0) is 19.1 Å². The van der Waals surface area contributed by atoms with Crippen molar-refractivity contribution in [3.05, 3.63) is 0 Å². The molecule has 2 aliphatic carbocycles. The topological polar surface area (TPSA) is 79.4 Å². The fraction of sp³-hybridized carbons (Fsp3) is 0.867. The van der Waals surface area contributed by atoms with Crippen molar-refractivity contribution < 1.29 is 24.2 Å². The van der Waals surface area contributed by atoms with Gasteiger partial charge in [0.2, 0.25) is 0 Å². The number of carbonyl (C=O) groups is 2.